The Morgan fingerprint density at radius 3 is 2.38 bits per heavy atom. The van der Waals surface area contributed by atoms with Gasteiger partial charge >= 0.3 is 0 Å². The van der Waals surface area contributed by atoms with E-state index in [0.29, 0.717) is 6.04 Å². The van der Waals surface area contributed by atoms with Crippen molar-refractivity contribution in [1.82, 2.24) is 20.0 Å². The van der Waals surface area contributed by atoms with Crippen molar-refractivity contribution in [2.75, 3.05) is 19.6 Å². The van der Waals surface area contributed by atoms with Crippen molar-refractivity contribution in [3.63, 3.8) is 0 Å². The molecule has 1 saturated carbocycles. The topological polar surface area (TPSA) is 33.1 Å². The first-order valence-corrected chi connectivity index (χ1v) is 8.53. The highest BCUT2D eigenvalue weighted by Crippen LogP contribution is 2.30. The second kappa shape index (κ2) is 6.09. The Morgan fingerprint density at radius 2 is 1.86 bits per heavy atom. The Morgan fingerprint density at radius 1 is 1.19 bits per heavy atom. The Bertz CT molecular complexity index is 481. The predicted molar refractivity (Wildman–Crippen MR) is 86.4 cm³/mol. The molecule has 1 aliphatic heterocycles. The molecule has 2 fully saturated rings. The summed E-state index contributed by atoms with van der Waals surface area (Å²) in [6.07, 6.45) is 5.47. The van der Waals surface area contributed by atoms with E-state index in [1.54, 1.807) is 0 Å². The largest absolute Gasteiger partial charge is 0.314 e. The van der Waals surface area contributed by atoms with E-state index in [1.807, 2.05) is 11.7 Å². The lowest BCUT2D eigenvalue weighted by atomic mass is 9.99. The Balaban J connectivity index is 1.55. The van der Waals surface area contributed by atoms with Crippen LogP contribution < -0.4 is 5.32 Å². The molecule has 0 amide bonds. The molecule has 0 spiro atoms. The van der Waals surface area contributed by atoms with Gasteiger partial charge in [0.15, 0.2) is 0 Å². The summed E-state index contributed by atoms with van der Waals surface area (Å²) in [5, 5.41) is 8.34. The summed E-state index contributed by atoms with van der Waals surface area (Å²) in [7, 11) is 2.05. The second-order valence-electron chi connectivity index (χ2n) is 7.05. The molecule has 0 bridgehead atoms. The summed E-state index contributed by atoms with van der Waals surface area (Å²) in [5.41, 5.74) is 3.94. The fourth-order valence-electron chi connectivity index (χ4n) is 3.72. The molecular formula is C17H30N4. The van der Waals surface area contributed by atoms with Gasteiger partial charge < -0.3 is 5.32 Å². The molecule has 1 saturated heterocycles. The van der Waals surface area contributed by atoms with Gasteiger partial charge in [-0.2, -0.15) is 5.10 Å². The van der Waals surface area contributed by atoms with Gasteiger partial charge in [-0.15, -0.1) is 0 Å². The first kappa shape index (κ1) is 15.0. The lowest BCUT2D eigenvalue weighted by Gasteiger charge is -2.36. The maximum absolute atomic E-state index is 4.57. The van der Waals surface area contributed by atoms with Crippen LogP contribution in [-0.2, 0) is 7.05 Å². The molecule has 1 aromatic rings. The molecule has 3 rings (SSSR count). The fourth-order valence-corrected chi connectivity index (χ4v) is 3.72. The molecule has 1 aromatic heterocycles. The number of piperidine rings is 1. The minimum atomic E-state index is 0.489. The smallest absolute Gasteiger partial charge is 0.0644 e. The molecule has 2 aliphatic rings. The van der Waals surface area contributed by atoms with Crippen LogP contribution in [0.5, 0.6) is 0 Å². The van der Waals surface area contributed by atoms with E-state index in [0.717, 1.165) is 12.0 Å². The number of nitrogens with zero attached hydrogens (tertiary/aromatic N) is 3. The van der Waals surface area contributed by atoms with E-state index in [2.05, 4.69) is 36.1 Å². The fraction of sp³-hybridized carbons (Fsp3) is 0.824. The third kappa shape index (κ3) is 3.32. The highest BCUT2D eigenvalue weighted by molar-refractivity contribution is 5.27. The van der Waals surface area contributed by atoms with Crippen LogP contribution >= 0.6 is 0 Å². The van der Waals surface area contributed by atoms with Crippen LogP contribution in [0.25, 0.3) is 0 Å². The summed E-state index contributed by atoms with van der Waals surface area (Å²) < 4.78 is 2.02. The minimum Gasteiger partial charge on any atom is -0.314 e. The molecule has 0 radical (unpaired) electrons. The van der Waals surface area contributed by atoms with E-state index >= 15 is 0 Å². The number of nitrogens with one attached hydrogen (secondary N) is 1. The maximum atomic E-state index is 4.57. The molecule has 1 unspecified atom stereocenters. The van der Waals surface area contributed by atoms with Crippen molar-refractivity contribution in [3.05, 3.63) is 17.0 Å². The van der Waals surface area contributed by atoms with Gasteiger partial charge in [0.1, 0.15) is 0 Å². The summed E-state index contributed by atoms with van der Waals surface area (Å²) >= 11 is 0. The second-order valence-corrected chi connectivity index (χ2v) is 7.05. The lowest BCUT2D eigenvalue weighted by Crippen LogP contribution is -2.44. The third-order valence-corrected chi connectivity index (χ3v) is 5.45. The van der Waals surface area contributed by atoms with E-state index in [4.69, 9.17) is 0 Å². The zero-order valence-corrected chi connectivity index (χ0v) is 14.0. The van der Waals surface area contributed by atoms with Gasteiger partial charge in [0, 0.05) is 43.5 Å². The lowest BCUT2D eigenvalue weighted by molar-refractivity contribution is 0.151. The summed E-state index contributed by atoms with van der Waals surface area (Å²) in [6.45, 7) is 10.3. The van der Waals surface area contributed by atoms with Gasteiger partial charge in [-0.05, 0) is 58.9 Å². The van der Waals surface area contributed by atoms with Crippen LogP contribution in [0.3, 0.4) is 0 Å². The first-order chi connectivity index (χ1) is 10.1. The Hall–Kier alpha value is -0.870. The van der Waals surface area contributed by atoms with Crippen molar-refractivity contribution in [1.29, 1.82) is 0 Å². The van der Waals surface area contributed by atoms with Crippen LogP contribution in [0.4, 0.5) is 0 Å². The van der Waals surface area contributed by atoms with Gasteiger partial charge in [-0.1, -0.05) is 0 Å². The minimum absolute atomic E-state index is 0.489. The zero-order chi connectivity index (χ0) is 15.0. The average Bonchev–Trinajstić information content (AvgIpc) is 3.25. The number of hydrogen-bond donors (Lipinski definition) is 1. The van der Waals surface area contributed by atoms with Gasteiger partial charge in [0.2, 0.25) is 0 Å². The summed E-state index contributed by atoms with van der Waals surface area (Å²) in [6, 6.07) is 1.23. The molecule has 118 valence electrons. The van der Waals surface area contributed by atoms with E-state index < -0.39 is 0 Å². The maximum Gasteiger partial charge on any atom is 0.0644 e. The van der Waals surface area contributed by atoms with Crippen molar-refractivity contribution in [2.45, 2.75) is 58.5 Å². The van der Waals surface area contributed by atoms with Crippen LogP contribution in [-0.4, -0.2) is 40.4 Å². The Labute approximate surface area is 128 Å². The molecule has 4 heteroatoms. The number of likely N-dealkylation sites (tertiary alicyclic amines) is 1. The van der Waals surface area contributed by atoms with Crippen molar-refractivity contribution >= 4 is 0 Å². The van der Waals surface area contributed by atoms with Crippen molar-refractivity contribution in [3.8, 4) is 0 Å². The monoisotopic (exact) mass is 290 g/mol. The third-order valence-electron chi connectivity index (χ3n) is 5.45. The predicted octanol–water partition coefficient (Wildman–Crippen LogP) is 2.56. The van der Waals surface area contributed by atoms with Crippen molar-refractivity contribution < 1.29 is 0 Å². The van der Waals surface area contributed by atoms with E-state index in [1.165, 1.54) is 62.3 Å². The Kier molecular flexibility index (Phi) is 4.36. The van der Waals surface area contributed by atoms with Crippen LogP contribution in [0, 0.1) is 19.8 Å². The molecule has 1 aliphatic carbocycles. The van der Waals surface area contributed by atoms with Crippen LogP contribution in [0.1, 0.15) is 55.6 Å². The van der Waals surface area contributed by atoms with Gasteiger partial charge in [0.05, 0.1) is 5.69 Å². The normalized spacial score (nSPS) is 22.7. The van der Waals surface area contributed by atoms with E-state index in [9.17, 15) is 0 Å². The standard InChI is InChI=1S/C17H30N4/c1-12-17(13(2)20(4)19-12)14(3)21-9-7-16(8-10-21)18-11-15-5-6-15/h14-16,18H,5-11H2,1-4H3. The molecule has 1 N–H and O–H groups in total. The highest BCUT2D eigenvalue weighted by atomic mass is 15.3. The number of aryl methyl sites for hydroxylation is 2. The van der Waals surface area contributed by atoms with Gasteiger partial charge in [0.25, 0.3) is 0 Å². The molecule has 0 aromatic carbocycles. The van der Waals surface area contributed by atoms with Crippen LogP contribution in [0.15, 0.2) is 0 Å². The summed E-state index contributed by atoms with van der Waals surface area (Å²) in [4.78, 5) is 2.63. The number of rotatable bonds is 5. The molecule has 1 atom stereocenters. The quantitative estimate of drug-likeness (QED) is 0.905. The van der Waals surface area contributed by atoms with Gasteiger partial charge in [-0.25, -0.2) is 0 Å². The average molecular weight is 290 g/mol. The SMILES string of the molecule is Cc1nn(C)c(C)c1C(C)N1CCC(NCC2CC2)CC1. The van der Waals surface area contributed by atoms with Crippen molar-refractivity contribution in [2.24, 2.45) is 13.0 Å². The highest BCUT2D eigenvalue weighted by Gasteiger charge is 2.28. The zero-order valence-electron chi connectivity index (χ0n) is 14.0. The molecule has 21 heavy (non-hydrogen) atoms. The first-order valence-electron chi connectivity index (χ1n) is 8.53. The molecule has 2 heterocycles. The molecular weight excluding hydrogens is 260 g/mol. The number of hydrogen-bond acceptors (Lipinski definition) is 3. The van der Waals surface area contributed by atoms with Crippen LogP contribution in [0.2, 0.25) is 0 Å². The molecule has 4 nitrogen and oxygen atoms in total. The van der Waals surface area contributed by atoms with Gasteiger partial charge in [-0.3, -0.25) is 9.58 Å². The number of aromatic nitrogens is 2. The summed E-state index contributed by atoms with van der Waals surface area (Å²) in [5.74, 6) is 0.989. The van der Waals surface area contributed by atoms with E-state index in [-0.39, 0.29) is 0 Å².